The van der Waals surface area contributed by atoms with Crippen molar-refractivity contribution in [2.24, 2.45) is 5.92 Å². The second-order valence-electron chi connectivity index (χ2n) is 10.7. The van der Waals surface area contributed by atoms with Crippen LogP contribution in [0.1, 0.15) is 63.9 Å². The van der Waals surface area contributed by atoms with E-state index >= 15 is 0 Å². The van der Waals surface area contributed by atoms with Crippen LogP contribution in [0, 0.1) is 5.92 Å². The molecular formula is C28H36N6O5S. The molecule has 3 heterocycles. The lowest BCUT2D eigenvalue weighted by Crippen LogP contribution is -2.51. The maximum Gasteiger partial charge on any atom is 0.255 e. The molecule has 12 heteroatoms. The molecule has 6 atom stereocenters. The SMILES string of the molecule is CCOc1cc([C@@H](C)NC(=O)[C@H](O)[C@@H](O)C(=O)N2[C@@H](c3csc(NC(C)C)n3)C[C@H]3C[C@H]32)ccc1-n1cccn1. The van der Waals surface area contributed by atoms with Gasteiger partial charge in [-0.25, -0.2) is 9.67 Å². The van der Waals surface area contributed by atoms with Gasteiger partial charge in [0.15, 0.2) is 17.3 Å². The number of carbonyl (C=O) groups is 2. The third-order valence-electron chi connectivity index (χ3n) is 7.35. The van der Waals surface area contributed by atoms with Crippen LogP contribution < -0.4 is 15.4 Å². The van der Waals surface area contributed by atoms with E-state index in [4.69, 9.17) is 4.74 Å². The van der Waals surface area contributed by atoms with Crippen molar-refractivity contribution in [1.82, 2.24) is 25.0 Å². The van der Waals surface area contributed by atoms with Crippen LogP contribution in [0.15, 0.2) is 42.0 Å². The second-order valence-corrected chi connectivity index (χ2v) is 11.5. The molecule has 1 saturated carbocycles. The minimum absolute atomic E-state index is 0.00479. The van der Waals surface area contributed by atoms with Crippen LogP contribution in [-0.2, 0) is 9.59 Å². The lowest BCUT2D eigenvalue weighted by Gasteiger charge is -2.30. The minimum Gasteiger partial charge on any atom is -0.492 e. The van der Waals surface area contributed by atoms with Gasteiger partial charge >= 0.3 is 0 Å². The normalized spacial score (nSPS) is 22.0. The maximum absolute atomic E-state index is 13.4. The van der Waals surface area contributed by atoms with Gasteiger partial charge in [-0.1, -0.05) is 6.07 Å². The first kappa shape index (κ1) is 28.1. The molecule has 3 aromatic rings. The van der Waals surface area contributed by atoms with Crippen LogP contribution >= 0.6 is 11.3 Å². The van der Waals surface area contributed by atoms with Crippen molar-refractivity contribution in [2.75, 3.05) is 11.9 Å². The van der Waals surface area contributed by atoms with Gasteiger partial charge in [0.1, 0.15) is 11.4 Å². The molecule has 4 N–H and O–H groups in total. The fourth-order valence-electron chi connectivity index (χ4n) is 5.27. The fourth-order valence-corrected chi connectivity index (χ4v) is 6.18. The zero-order valence-electron chi connectivity index (χ0n) is 23.0. The van der Waals surface area contributed by atoms with Gasteiger partial charge in [0.25, 0.3) is 11.8 Å². The number of benzene rings is 1. The zero-order chi connectivity index (χ0) is 28.6. The van der Waals surface area contributed by atoms with Gasteiger partial charge < -0.3 is 30.5 Å². The molecule has 1 aromatic carbocycles. The van der Waals surface area contributed by atoms with E-state index in [9.17, 15) is 19.8 Å². The number of nitrogens with zero attached hydrogens (tertiary/aromatic N) is 4. The van der Waals surface area contributed by atoms with Gasteiger partial charge in [0.05, 0.1) is 24.4 Å². The summed E-state index contributed by atoms with van der Waals surface area (Å²) in [5.41, 5.74) is 2.24. The predicted molar refractivity (Wildman–Crippen MR) is 150 cm³/mol. The molecule has 2 aromatic heterocycles. The van der Waals surface area contributed by atoms with Crippen molar-refractivity contribution in [3.8, 4) is 11.4 Å². The van der Waals surface area contributed by atoms with Crippen LogP contribution in [0.25, 0.3) is 5.69 Å². The van der Waals surface area contributed by atoms with E-state index < -0.39 is 30.1 Å². The maximum atomic E-state index is 13.4. The number of carbonyl (C=O) groups excluding carboxylic acids is 2. The Morgan fingerprint density at radius 1 is 1.20 bits per heavy atom. The number of rotatable bonds is 11. The van der Waals surface area contributed by atoms with E-state index in [0.29, 0.717) is 18.3 Å². The van der Waals surface area contributed by atoms with Crippen LogP contribution in [0.4, 0.5) is 5.13 Å². The molecule has 2 aliphatic rings. The van der Waals surface area contributed by atoms with Crippen LogP contribution in [0.3, 0.4) is 0 Å². The fraction of sp³-hybridized carbons (Fsp3) is 0.500. The number of anilines is 1. The van der Waals surface area contributed by atoms with E-state index in [-0.39, 0.29) is 18.1 Å². The number of amides is 2. The van der Waals surface area contributed by atoms with Crippen molar-refractivity contribution >= 4 is 28.3 Å². The molecule has 214 valence electrons. The molecule has 5 rings (SSSR count). The first-order valence-corrected chi connectivity index (χ1v) is 14.5. The Balaban J connectivity index is 1.25. The largest absolute Gasteiger partial charge is 0.492 e. The summed E-state index contributed by atoms with van der Waals surface area (Å²) in [6.07, 6.45) is 1.28. The Bertz CT molecular complexity index is 1340. The quantitative estimate of drug-likeness (QED) is 0.277. The Morgan fingerprint density at radius 2 is 2.00 bits per heavy atom. The number of likely N-dealkylation sites (tertiary alicyclic amines) is 1. The second kappa shape index (κ2) is 11.6. The van der Waals surface area contributed by atoms with Gasteiger partial charge in [0, 0.05) is 29.9 Å². The van der Waals surface area contributed by atoms with Gasteiger partial charge in [-0.3, -0.25) is 9.59 Å². The minimum atomic E-state index is -1.92. The lowest BCUT2D eigenvalue weighted by molar-refractivity contribution is -0.155. The van der Waals surface area contributed by atoms with Crippen LogP contribution in [0.2, 0.25) is 0 Å². The lowest BCUT2D eigenvalue weighted by atomic mass is 10.0. The molecular weight excluding hydrogens is 532 g/mol. The average Bonchev–Trinajstić information content (AvgIpc) is 3.31. The van der Waals surface area contributed by atoms with Gasteiger partial charge in [-0.15, -0.1) is 11.3 Å². The summed E-state index contributed by atoms with van der Waals surface area (Å²) in [7, 11) is 0. The summed E-state index contributed by atoms with van der Waals surface area (Å²) in [6.45, 7) is 8.14. The van der Waals surface area contributed by atoms with Crippen molar-refractivity contribution in [2.45, 2.75) is 76.9 Å². The molecule has 0 unspecified atom stereocenters. The number of aliphatic hydroxyl groups excluding tert-OH is 2. The molecule has 1 saturated heterocycles. The predicted octanol–water partition coefficient (Wildman–Crippen LogP) is 2.81. The Hall–Kier alpha value is -3.48. The summed E-state index contributed by atoms with van der Waals surface area (Å²) in [4.78, 5) is 32.6. The van der Waals surface area contributed by atoms with E-state index in [1.165, 1.54) is 11.3 Å². The number of thiazole rings is 1. The number of aliphatic hydroxyl groups is 2. The molecule has 1 aliphatic carbocycles. The molecule has 1 aliphatic heterocycles. The van der Waals surface area contributed by atoms with Crippen molar-refractivity contribution in [3.05, 3.63) is 53.3 Å². The average molecular weight is 569 g/mol. The van der Waals surface area contributed by atoms with Crippen molar-refractivity contribution < 1.29 is 24.5 Å². The van der Waals surface area contributed by atoms with E-state index in [1.54, 1.807) is 28.8 Å². The molecule has 2 amide bonds. The number of hydrogen-bond acceptors (Lipinski definition) is 9. The third kappa shape index (κ3) is 5.70. The molecule has 2 fully saturated rings. The summed E-state index contributed by atoms with van der Waals surface area (Å²) in [5.74, 6) is -0.547. The monoisotopic (exact) mass is 568 g/mol. The van der Waals surface area contributed by atoms with Gasteiger partial charge in [-0.2, -0.15) is 5.10 Å². The first-order valence-electron chi connectivity index (χ1n) is 13.6. The number of ether oxygens (including phenoxy) is 1. The summed E-state index contributed by atoms with van der Waals surface area (Å²) in [6, 6.07) is 6.70. The van der Waals surface area contributed by atoms with Gasteiger partial charge in [-0.05, 0) is 70.2 Å². The van der Waals surface area contributed by atoms with Crippen LogP contribution in [0.5, 0.6) is 5.75 Å². The highest BCUT2D eigenvalue weighted by Gasteiger charge is 2.56. The first-order chi connectivity index (χ1) is 19.2. The molecule has 0 spiro atoms. The third-order valence-corrected chi connectivity index (χ3v) is 8.14. The molecule has 11 nitrogen and oxygen atoms in total. The van der Waals surface area contributed by atoms with Crippen molar-refractivity contribution in [1.29, 1.82) is 0 Å². The molecule has 0 radical (unpaired) electrons. The number of fused-ring (bicyclic) bond motifs is 1. The molecule has 40 heavy (non-hydrogen) atoms. The van der Waals surface area contributed by atoms with Gasteiger partial charge in [0.2, 0.25) is 0 Å². The highest BCUT2D eigenvalue weighted by Crippen LogP contribution is 2.54. The molecule has 0 bridgehead atoms. The smallest absolute Gasteiger partial charge is 0.255 e. The highest BCUT2D eigenvalue weighted by molar-refractivity contribution is 7.13. The highest BCUT2D eigenvalue weighted by atomic mass is 32.1. The Morgan fingerprint density at radius 3 is 2.70 bits per heavy atom. The van der Waals surface area contributed by atoms with Crippen LogP contribution in [-0.4, -0.2) is 72.6 Å². The van der Waals surface area contributed by atoms with E-state index in [1.807, 2.05) is 50.5 Å². The summed E-state index contributed by atoms with van der Waals surface area (Å²) in [5, 5.41) is 34.5. The summed E-state index contributed by atoms with van der Waals surface area (Å²) < 4.78 is 7.48. The topological polar surface area (TPSA) is 142 Å². The number of piperidine rings is 1. The number of hydrogen-bond donors (Lipinski definition) is 4. The van der Waals surface area contributed by atoms with E-state index in [2.05, 4.69) is 20.7 Å². The Labute approximate surface area is 237 Å². The zero-order valence-corrected chi connectivity index (χ0v) is 23.8. The van der Waals surface area contributed by atoms with E-state index in [0.717, 1.165) is 34.9 Å². The standard InChI is InChI=1S/C28H36N6O5S/c1-5-39-23-13-17(7-8-20(23)33-10-6-9-29-33)16(4)31-26(37)24(35)25(36)27(38)34-21-11-18(21)12-22(34)19-14-40-28(32-19)30-15(2)3/h6-10,13-16,18,21-22,24-25,35-36H,5,11-12H2,1-4H3,(H,30,32)(H,31,37)/t16-,18-,21-,22-,24-,25-/m1/s1. The summed E-state index contributed by atoms with van der Waals surface area (Å²) >= 11 is 1.47. The van der Waals surface area contributed by atoms with Crippen molar-refractivity contribution in [3.63, 3.8) is 0 Å². The Kier molecular flexibility index (Phi) is 8.11. The number of aromatic nitrogens is 3. The number of nitrogens with one attached hydrogen (secondary N) is 2.